The first-order chi connectivity index (χ1) is 8.49. The highest BCUT2D eigenvalue weighted by Crippen LogP contribution is 2.31. The predicted molar refractivity (Wildman–Crippen MR) is 62.5 cm³/mol. The van der Waals surface area contributed by atoms with Gasteiger partial charge in [-0.2, -0.15) is 0 Å². The van der Waals surface area contributed by atoms with Gasteiger partial charge >= 0.3 is 11.9 Å². The van der Waals surface area contributed by atoms with E-state index in [4.69, 9.17) is 4.74 Å². The van der Waals surface area contributed by atoms with Crippen molar-refractivity contribution < 1.29 is 23.9 Å². The molecule has 0 radical (unpaired) electrons. The largest absolute Gasteiger partial charge is 0.469 e. The summed E-state index contributed by atoms with van der Waals surface area (Å²) in [6.45, 7) is 1.40. The lowest BCUT2D eigenvalue weighted by Gasteiger charge is -2.33. The lowest BCUT2D eigenvalue weighted by atomic mass is 9.78. The molecule has 0 aliphatic heterocycles. The van der Waals surface area contributed by atoms with Gasteiger partial charge in [0.1, 0.15) is 0 Å². The fraction of sp³-hybridized carbons (Fsp3) is 0.750. The highest BCUT2D eigenvalue weighted by atomic mass is 16.5. The lowest BCUT2D eigenvalue weighted by Crippen LogP contribution is -2.47. The maximum Gasteiger partial charge on any atom is 0.310 e. The van der Waals surface area contributed by atoms with Crippen molar-refractivity contribution in [2.45, 2.75) is 32.2 Å². The number of carbonyl (C=O) groups is 3. The molecular weight excluding hydrogens is 238 g/mol. The number of ether oxygens (including phenoxy) is 2. The summed E-state index contributed by atoms with van der Waals surface area (Å²) in [5, 5.41) is 2.73. The smallest absolute Gasteiger partial charge is 0.310 e. The van der Waals surface area contributed by atoms with Gasteiger partial charge in [0.05, 0.1) is 26.1 Å². The van der Waals surface area contributed by atoms with Crippen molar-refractivity contribution in [2.75, 3.05) is 14.2 Å². The van der Waals surface area contributed by atoms with Crippen LogP contribution in [0.25, 0.3) is 0 Å². The Morgan fingerprint density at radius 2 is 1.67 bits per heavy atom. The van der Waals surface area contributed by atoms with E-state index in [1.807, 2.05) is 0 Å². The standard InChI is InChI=1S/C12H19NO5/c1-7(14)13-10-5-4-8(11(15)17-2)6-9(10)12(16)18-3/h8-10H,4-6H2,1-3H3,(H,13,14)/t8-,9+,10-/m0/s1. The molecule has 0 saturated heterocycles. The van der Waals surface area contributed by atoms with Gasteiger partial charge in [0.15, 0.2) is 0 Å². The summed E-state index contributed by atoms with van der Waals surface area (Å²) >= 11 is 0. The topological polar surface area (TPSA) is 81.7 Å². The molecule has 0 spiro atoms. The summed E-state index contributed by atoms with van der Waals surface area (Å²) in [5.41, 5.74) is 0. The van der Waals surface area contributed by atoms with E-state index >= 15 is 0 Å². The van der Waals surface area contributed by atoms with Gasteiger partial charge in [-0.3, -0.25) is 14.4 Å². The van der Waals surface area contributed by atoms with Gasteiger partial charge in [0.2, 0.25) is 5.91 Å². The number of amides is 1. The molecule has 1 amide bonds. The number of nitrogens with one attached hydrogen (secondary N) is 1. The molecule has 1 N–H and O–H groups in total. The lowest BCUT2D eigenvalue weighted by molar-refractivity contribution is -0.153. The van der Waals surface area contributed by atoms with Gasteiger partial charge in [0.25, 0.3) is 0 Å². The molecular formula is C12H19NO5. The van der Waals surface area contributed by atoms with Crippen molar-refractivity contribution in [3.05, 3.63) is 0 Å². The normalized spacial score (nSPS) is 27.2. The van der Waals surface area contributed by atoms with Crippen LogP contribution in [0.3, 0.4) is 0 Å². The fourth-order valence-corrected chi connectivity index (χ4v) is 2.40. The SMILES string of the molecule is COC(=O)[C@H]1CC[C@H](NC(C)=O)[C@H](C(=O)OC)C1. The van der Waals surface area contributed by atoms with Crippen LogP contribution >= 0.6 is 0 Å². The minimum atomic E-state index is -0.489. The molecule has 0 unspecified atom stereocenters. The summed E-state index contributed by atoms with van der Waals surface area (Å²) in [5.74, 6) is -1.70. The van der Waals surface area contributed by atoms with Gasteiger partial charge < -0.3 is 14.8 Å². The van der Waals surface area contributed by atoms with Crippen molar-refractivity contribution in [1.29, 1.82) is 0 Å². The zero-order valence-corrected chi connectivity index (χ0v) is 10.9. The summed E-state index contributed by atoms with van der Waals surface area (Å²) in [7, 11) is 2.63. The Kier molecular flexibility index (Phi) is 5.12. The number of hydrogen-bond donors (Lipinski definition) is 1. The van der Waals surface area contributed by atoms with Crippen LogP contribution in [0.1, 0.15) is 26.2 Å². The number of hydrogen-bond acceptors (Lipinski definition) is 5. The van der Waals surface area contributed by atoms with E-state index in [1.165, 1.54) is 21.1 Å². The monoisotopic (exact) mass is 257 g/mol. The number of methoxy groups -OCH3 is 2. The molecule has 0 heterocycles. The van der Waals surface area contributed by atoms with E-state index in [2.05, 4.69) is 10.1 Å². The maximum atomic E-state index is 11.7. The van der Waals surface area contributed by atoms with Crippen LogP contribution in [0.2, 0.25) is 0 Å². The van der Waals surface area contributed by atoms with Crippen molar-refractivity contribution in [2.24, 2.45) is 11.8 Å². The molecule has 0 aromatic rings. The van der Waals surface area contributed by atoms with Crippen molar-refractivity contribution in [3.63, 3.8) is 0 Å². The van der Waals surface area contributed by atoms with E-state index in [1.54, 1.807) is 0 Å². The molecule has 102 valence electrons. The van der Waals surface area contributed by atoms with Crippen LogP contribution in [0.15, 0.2) is 0 Å². The molecule has 6 nitrogen and oxygen atoms in total. The highest BCUT2D eigenvalue weighted by Gasteiger charge is 2.39. The average molecular weight is 257 g/mol. The van der Waals surface area contributed by atoms with Crippen LogP contribution in [-0.2, 0) is 23.9 Å². The minimum absolute atomic E-state index is 0.189. The summed E-state index contributed by atoms with van der Waals surface area (Å²) in [6.07, 6.45) is 1.52. The molecule has 1 aliphatic rings. The maximum absolute atomic E-state index is 11.7. The summed E-state index contributed by atoms with van der Waals surface area (Å²) < 4.78 is 9.41. The van der Waals surface area contributed by atoms with Crippen molar-refractivity contribution >= 4 is 17.8 Å². The molecule has 1 aliphatic carbocycles. The molecule has 1 fully saturated rings. The first-order valence-electron chi connectivity index (χ1n) is 5.92. The zero-order chi connectivity index (χ0) is 13.7. The Morgan fingerprint density at radius 1 is 1.06 bits per heavy atom. The second kappa shape index (κ2) is 6.37. The van der Waals surface area contributed by atoms with E-state index in [0.717, 1.165) is 0 Å². The fourth-order valence-electron chi connectivity index (χ4n) is 2.40. The van der Waals surface area contributed by atoms with Crippen LogP contribution in [0.5, 0.6) is 0 Å². The van der Waals surface area contributed by atoms with Crippen LogP contribution < -0.4 is 5.32 Å². The molecule has 0 aromatic carbocycles. The minimum Gasteiger partial charge on any atom is -0.469 e. The highest BCUT2D eigenvalue weighted by molar-refractivity contribution is 5.79. The van der Waals surface area contributed by atoms with E-state index in [9.17, 15) is 14.4 Å². The van der Waals surface area contributed by atoms with Gasteiger partial charge in [-0.1, -0.05) is 0 Å². The predicted octanol–water partition coefficient (Wildman–Crippen LogP) is 0.253. The van der Waals surface area contributed by atoms with Crippen LogP contribution in [0.4, 0.5) is 0 Å². The molecule has 0 bridgehead atoms. The summed E-state index contributed by atoms with van der Waals surface area (Å²) in [4.78, 5) is 34.3. The molecule has 0 aromatic heterocycles. The molecule has 6 heteroatoms. The quantitative estimate of drug-likeness (QED) is 0.733. The third-order valence-corrected chi connectivity index (χ3v) is 3.28. The Bertz CT molecular complexity index is 341. The summed E-state index contributed by atoms with van der Waals surface area (Å²) in [6, 6.07) is -0.268. The van der Waals surface area contributed by atoms with Crippen molar-refractivity contribution in [3.8, 4) is 0 Å². The molecule has 1 rings (SSSR count). The second-order valence-corrected chi connectivity index (χ2v) is 4.47. The zero-order valence-electron chi connectivity index (χ0n) is 10.9. The van der Waals surface area contributed by atoms with E-state index < -0.39 is 11.9 Å². The van der Waals surface area contributed by atoms with Crippen LogP contribution in [0, 0.1) is 11.8 Å². The number of carbonyl (C=O) groups excluding carboxylic acids is 3. The third-order valence-electron chi connectivity index (χ3n) is 3.28. The molecule has 1 saturated carbocycles. The van der Waals surface area contributed by atoms with Gasteiger partial charge in [0, 0.05) is 13.0 Å². The number of rotatable bonds is 3. The first-order valence-corrected chi connectivity index (χ1v) is 5.92. The Hall–Kier alpha value is -1.59. The van der Waals surface area contributed by atoms with Crippen molar-refractivity contribution in [1.82, 2.24) is 5.32 Å². The second-order valence-electron chi connectivity index (χ2n) is 4.47. The number of esters is 2. The van der Waals surface area contributed by atoms with Gasteiger partial charge in [-0.25, -0.2) is 0 Å². The van der Waals surface area contributed by atoms with Gasteiger partial charge in [-0.15, -0.1) is 0 Å². The first kappa shape index (κ1) is 14.5. The Balaban J connectivity index is 2.75. The van der Waals surface area contributed by atoms with E-state index in [0.29, 0.717) is 19.3 Å². The van der Waals surface area contributed by atoms with E-state index in [-0.39, 0.29) is 23.8 Å². The Labute approximate surface area is 106 Å². The van der Waals surface area contributed by atoms with Gasteiger partial charge in [-0.05, 0) is 19.3 Å². The molecule has 3 atom stereocenters. The molecule has 18 heavy (non-hydrogen) atoms. The average Bonchev–Trinajstić information content (AvgIpc) is 2.36. The van der Waals surface area contributed by atoms with Crippen LogP contribution in [-0.4, -0.2) is 38.1 Å². The Morgan fingerprint density at radius 3 is 2.17 bits per heavy atom. The third kappa shape index (κ3) is 3.45.